The van der Waals surface area contributed by atoms with E-state index in [0.29, 0.717) is 18.4 Å². The van der Waals surface area contributed by atoms with Gasteiger partial charge in [-0.05, 0) is 43.4 Å². The van der Waals surface area contributed by atoms with Gasteiger partial charge in [0.2, 0.25) is 0 Å². The van der Waals surface area contributed by atoms with E-state index in [0.717, 1.165) is 37.3 Å². The molecule has 1 aromatic carbocycles. The molecule has 1 saturated carbocycles. The van der Waals surface area contributed by atoms with Crippen molar-refractivity contribution in [2.75, 3.05) is 13.7 Å². The number of hydrogen-bond donors (Lipinski definition) is 1. The molecule has 2 unspecified atom stereocenters. The molecule has 2 aliphatic carbocycles. The van der Waals surface area contributed by atoms with Gasteiger partial charge in [-0.25, -0.2) is 0 Å². The van der Waals surface area contributed by atoms with Crippen LogP contribution in [-0.2, 0) is 16.6 Å². The summed E-state index contributed by atoms with van der Waals surface area (Å²) in [6.07, 6.45) is 3.40. The largest absolute Gasteiger partial charge is 0.493 e. The lowest BCUT2D eigenvalue weighted by Crippen LogP contribution is -2.65. The molecule has 0 radical (unpaired) electrons. The van der Waals surface area contributed by atoms with Crippen LogP contribution in [0.3, 0.4) is 0 Å². The van der Waals surface area contributed by atoms with Crippen LogP contribution < -0.4 is 14.8 Å². The summed E-state index contributed by atoms with van der Waals surface area (Å²) < 4.78 is 11.7. The number of piperidine rings is 1. The minimum Gasteiger partial charge on any atom is -0.493 e. The van der Waals surface area contributed by atoms with Crippen LogP contribution in [0, 0.1) is 5.92 Å². The maximum Gasteiger partial charge on any atom is 0.174 e. The second-order valence-electron chi connectivity index (χ2n) is 6.80. The molecule has 4 aliphatic rings. The Bertz CT molecular complexity index is 656. The topological polar surface area (TPSA) is 47.6 Å². The number of ketones is 1. The number of benzene rings is 1. The SMILES string of the molecule is COc1ccc2c3c1O[C@@H]1C(=O)CCC4C(C2)NCC[C@]341. The number of ether oxygens (including phenoxy) is 2. The third kappa shape index (κ3) is 1.24. The number of carbonyl (C=O) groups excluding carboxylic acids is 1. The summed E-state index contributed by atoms with van der Waals surface area (Å²) in [6.45, 7) is 0.977. The van der Waals surface area contributed by atoms with Crippen LogP contribution in [-0.4, -0.2) is 31.6 Å². The van der Waals surface area contributed by atoms with Gasteiger partial charge in [0.1, 0.15) is 0 Å². The van der Waals surface area contributed by atoms with Crippen molar-refractivity contribution in [2.24, 2.45) is 5.92 Å². The van der Waals surface area contributed by atoms with Crippen LogP contribution in [0.25, 0.3) is 0 Å². The first kappa shape index (κ1) is 12.0. The van der Waals surface area contributed by atoms with E-state index in [1.165, 1.54) is 11.1 Å². The van der Waals surface area contributed by atoms with Gasteiger partial charge in [0.25, 0.3) is 0 Å². The van der Waals surface area contributed by atoms with Crippen molar-refractivity contribution in [3.05, 3.63) is 23.3 Å². The summed E-state index contributed by atoms with van der Waals surface area (Å²) in [6, 6.07) is 4.65. The van der Waals surface area contributed by atoms with Crippen molar-refractivity contribution >= 4 is 5.78 Å². The Morgan fingerprint density at radius 2 is 2.33 bits per heavy atom. The molecule has 4 nitrogen and oxygen atoms in total. The van der Waals surface area contributed by atoms with E-state index in [2.05, 4.69) is 11.4 Å². The van der Waals surface area contributed by atoms with Crippen LogP contribution in [0.5, 0.6) is 11.5 Å². The van der Waals surface area contributed by atoms with Crippen LogP contribution >= 0.6 is 0 Å². The molecule has 2 bridgehead atoms. The van der Waals surface area contributed by atoms with E-state index < -0.39 is 0 Å². The zero-order valence-corrected chi connectivity index (χ0v) is 12.1. The van der Waals surface area contributed by atoms with Crippen LogP contribution in [0.1, 0.15) is 30.4 Å². The van der Waals surface area contributed by atoms with Crippen molar-refractivity contribution in [1.29, 1.82) is 0 Å². The Morgan fingerprint density at radius 3 is 3.19 bits per heavy atom. The normalized spacial score (nSPS) is 38.7. The van der Waals surface area contributed by atoms with Gasteiger partial charge < -0.3 is 14.8 Å². The molecule has 0 amide bonds. The fourth-order valence-electron chi connectivity index (χ4n) is 5.40. The molecular weight excluding hydrogens is 266 g/mol. The standard InChI is InChI=1S/C17H19NO3/c1-20-13-5-2-9-8-11-10-3-4-12(19)16-17(10,6-7-18-11)14(9)15(13)21-16/h2,5,10-11,16,18H,3-4,6-8H2,1H3/t10?,11?,16-,17-/m1/s1. The summed E-state index contributed by atoms with van der Waals surface area (Å²) in [5.41, 5.74) is 2.54. The van der Waals surface area contributed by atoms with Crippen molar-refractivity contribution in [1.82, 2.24) is 5.32 Å². The quantitative estimate of drug-likeness (QED) is 0.851. The van der Waals surface area contributed by atoms with Crippen LogP contribution in [0.4, 0.5) is 0 Å². The van der Waals surface area contributed by atoms with Gasteiger partial charge in [-0.2, -0.15) is 0 Å². The van der Waals surface area contributed by atoms with Crippen molar-refractivity contribution < 1.29 is 14.3 Å². The number of carbonyl (C=O) groups is 1. The zero-order chi connectivity index (χ0) is 14.2. The van der Waals surface area contributed by atoms with Crippen LogP contribution in [0.2, 0.25) is 0 Å². The molecule has 1 aromatic rings. The second kappa shape index (κ2) is 3.80. The first-order valence-corrected chi connectivity index (χ1v) is 7.89. The highest BCUT2D eigenvalue weighted by molar-refractivity contribution is 5.89. The van der Waals surface area contributed by atoms with E-state index in [1.807, 2.05) is 6.07 Å². The number of Topliss-reactive ketones (excluding diaryl/α,β-unsaturated/α-hetero) is 1. The van der Waals surface area contributed by atoms with E-state index in [-0.39, 0.29) is 17.3 Å². The smallest absolute Gasteiger partial charge is 0.174 e. The average molecular weight is 285 g/mol. The minimum atomic E-state index is -0.286. The second-order valence-corrected chi connectivity index (χ2v) is 6.80. The first-order chi connectivity index (χ1) is 10.3. The lowest BCUT2D eigenvalue weighted by Gasteiger charge is -2.54. The Balaban J connectivity index is 1.83. The van der Waals surface area contributed by atoms with Crippen molar-refractivity contribution in [3.63, 3.8) is 0 Å². The van der Waals surface area contributed by atoms with Gasteiger partial charge in [-0.15, -0.1) is 0 Å². The van der Waals surface area contributed by atoms with Gasteiger partial charge in [-0.1, -0.05) is 6.07 Å². The molecule has 4 atom stereocenters. The minimum absolute atomic E-state index is 0.0945. The summed E-state index contributed by atoms with van der Waals surface area (Å²) in [5.74, 6) is 2.43. The van der Waals surface area contributed by atoms with E-state index in [1.54, 1.807) is 7.11 Å². The molecule has 5 rings (SSSR count). The number of hydrogen-bond acceptors (Lipinski definition) is 4. The monoisotopic (exact) mass is 285 g/mol. The number of methoxy groups -OCH3 is 1. The molecule has 2 heterocycles. The first-order valence-electron chi connectivity index (χ1n) is 7.89. The highest BCUT2D eigenvalue weighted by Gasteiger charge is 2.64. The van der Waals surface area contributed by atoms with Crippen LogP contribution in [0.15, 0.2) is 12.1 Å². The molecule has 0 aromatic heterocycles. The van der Waals surface area contributed by atoms with E-state index in [4.69, 9.17) is 9.47 Å². The molecule has 2 fully saturated rings. The number of rotatable bonds is 1. The molecule has 110 valence electrons. The summed E-state index contributed by atoms with van der Waals surface area (Å²) in [7, 11) is 1.68. The van der Waals surface area contributed by atoms with Gasteiger partial charge in [0.15, 0.2) is 23.4 Å². The third-order valence-corrected chi connectivity index (χ3v) is 6.12. The number of nitrogens with one attached hydrogen (secondary N) is 1. The zero-order valence-electron chi connectivity index (χ0n) is 12.1. The molecule has 21 heavy (non-hydrogen) atoms. The van der Waals surface area contributed by atoms with Gasteiger partial charge in [0.05, 0.1) is 7.11 Å². The predicted molar refractivity (Wildman–Crippen MR) is 76.9 cm³/mol. The van der Waals surface area contributed by atoms with Gasteiger partial charge >= 0.3 is 0 Å². The highest BCUT2D eigenvalue weighted by Crippen LogP contribution is 2.61. The Labute approximate surface area is 123 Å². The van der Waals surface area contributed by atoms with Gasteiger partial charge in [-0.3, -0.25) is 4.79 Å². The molecule has 4 heteroatoms. The fourth-order valence-corrected chi connectivity index (χ4v) is 5.40. The van der Waals surface area contributed by atoms with E-state index >= 15 is 0 Å². The summed E-state index contributed by atoms with van der Waals surface area (Å²) >= 11 is 0. The predicted octanol–water partition coefficient (Wildman–Crippen LogP) is 1.59. The molecule has 1 saturated heterocycles. The Kier molecular flexibility index (Phi) is 2.18. The molecule has 1 N–H and O–H groups in total. The average Bonchev–Trinajstić information content (AvgIpc) is 2.83. The maximum absolute atomic E-state index is 12.5. The Morgan fingerprint density at radius 1 is 1.43 bits per heavy atom. The van der Waals surface area contributed by atoms with Crippen molar-refractivity contribution in [3.8, 4) is 11.5 Å². The molecule has 1 spiro atoms. The third-order valence-electron chi connectivity index (χ3n) is 6.12. The summed E-state index contributed by atoms with van der Waals surface area (Å²) in [5, 5.41) is 3.67. The lowest BCUT2D eigenvalue weighted by molar-refractivity contribution is -0.135. The van der Waals surface area contributed by atoms with Crippen molar-refractivity contribution in [2.45, 2.75) is 43.2 Å². The fraction of sp³-hybridized carbons (Fsp3) is 0.588. The molecular formula is C17H19NO3. The van der Waals surface area contributed by atoms with E-state index in [9.17, 15) is 4.79 Å². The highest BCUT2D eigenvalue weighted by atomic mass is 16.5. The Hall–Kier alpha value is -1.55. The lowest BCUT2D eigenvalue weighted by atomic mass is 9.52. The molecule has 2 aliphatic heterocycles. The van der Waals surface area contributed by atoms with Gasteiger partial charge in [0, 0.05) is 23.4 Å². The summed E-state index contributed by atoms with van der Waals surface area (Å²) in [4.78, 5) is 12.5. The maximum atomic E-state index is 12.5.